The molecule has 0 bridgehead atoms. The summed E-state index contributed by atoms with van der Waals surface area (Å²) in [5, 5.41) is 10.2. The first-order valence-corrected chi connectivity index (χ1v) is 11.0. The summed E-state index contributed by atoms with van der Waals surface area (Å²) < 4.78 is 11.8. The van der Waals surface area contributed by atoms with E-state index in [9.17, 15) is 9.90 Å². The van der Waals surface area contributed by atoms with Gasteiger partial charge >= 0.3 is 6.09 Å². The molecule has 5 nitrogen and oxygen atoms in total. The molecule has 0 radical (unpaired) electrons. The van der Waals surface area contributed by atoms with E-state index in [4.69, 9.17) is 9.16 Å². The fourth-order valence-electron chi connectivity index (χ4n) is 2.13. The largest absolute Gasteiger partial charge is 0.444 e. The van der Waals surface area contributed by atoms with E-state index in [-0.39, 0.29) is 11.1 Å². The summed E-state index contributed by atoms with van der Waals surface area (Å²) in [7, 11) is -1.89. The molecule has 0 aliphatic carbocycles. The number of hydrogen-bond acceptors (Lipinski definition) is 4. The van der Waals surface area contributed by atoms with Gasteiger partial charge in [0.2, 0.25) is 0 Å². The fourth-order valence-corrected chi connectivity index (χ4v) is 3.51. The molecule has 0 spiro atoms. The van der Waals surface area contributed by atoms with Gasteiger partial charge in [-0.2, -0.15) is 0 Å². The van der Waals surface area contributed by atoms with Gasteiger partial charge in [0.15, 0.2) is 8.32 Å². The lowest BCUT2D eigenvalue weighted by molar-refractivity contribution is -0.0698. The molecule has 0 aromatic rings. The summed E-state index contributed by atoms with van der Waals surface area (Å²) in [6, 6.07) is 0. The number of nitrogens with zero attached hydrogens (tertiary/aromatic N) is 1. The van der Waals surface area contributed by atoms with E-state index in [1.807, 2.05) is 20.8 Å². The molecular weight excluding hydrogens is 298 g/mol. The summed E-state index contributed by atoms with van der Waals surface area (Å²) in [4.78, 5) is 13.6. The highest BCUT2D eigenvalue weighted by molar-refractivity contribution is 6.74. The van der Waals surface area contributed by atoms with Crippen LogP contribution in [0.1, 0.15) is 54.4 Å². The third kappa shape index (κ3) is 5.24. The zero-order valence-electron chi connectivity index (χ0n) is 15.4. The number of amides is 1. The minimum absolute atomic E-state index is 0.0307. The topological polar surface area (TPSA) is 59.0 Å². The minimum Gasteiger partial charge on any atom is -0.444 e. The first-order valence-electron chi connectivity index (χ1n) is 8.08. The Morgan fingerprint density at radius 3 is 2.14 bits per heavy atom. The third-order valence-corrected chi connectivity index (χ3v) is 8.94. The van der Waals surface area contributed by atoms with Gasteiger partial charge in [0.25, 0.3) is 0 Å². The average molecular weight is 332 g/mol. The third-order valence-electron chi connectivity index (χ3n) is 4.40. The lowest BCUT2D eigenvalue weighted by atomic mass is 10.1. The van der Waals surface area contributed by atoms with Crippen LogP contribution in [0.15, 0.2) is 0 Å². The number of carbonyl (C=O) groups is 1. The molecule has 130 valence electrons. The fraction of sp³-hybridized carbons (Fsp3) is 0.938. The van der Waals surface area contributed by atoms with E-state index in [1.54, 1.807) is 0 Å². The lowest BCUT2D eigenvalue weighted by Gasteiger charge is -2.43. The molecule has 1 amide bonds. The smallest absolute Gasteiger partial charge is 0.412 e. The molecule has 1 N–H and O–H groups in total. The van der Waals surface area contributed by atoms with Crippen LogP contribution >= 0.6 is 0 Å². The Labute approximate surface area is 136 Å². The number of ether oxygens (including phenoxy) is 1. The van der Waals surface area contributed by atoms with Crippen LogP contribution in [-0.2, 0) is 9.16 Å². The maximum atomic E-state index is 12.2. The Hall–Kier alpha value is -0.593. The van der Waals surface area contributed by atoms with Crippen LogP contribution in [0.4, 0.5) is 4.79 Å². The average Bonchev–Trinajstić information content (AvgIpc) is 2.27. The van der Waals surface area contributed by atoms with Crippen molar-refractivity contribution in [3.05, 3.63) is 0 Å². The molecule has 1 fully saturated rings. The van der Waals surface area contributed by atoms with Crippen LogP contribution in [-0.4, -0.2) is 48.9 Å². The summed E-state index contributed by atoms with van der Waals surface area (Å²) in [5.41, 5.74) is -0.565. The molecule has 1 heterocycles. The van der Waals surface area contributed by atoms with Crippen molar-refractivity contribution in [2.45, 2.75) is 90.4 Å². The number of aliphatic hydroxyl groups excluding tert-OH is 1. The van der Waals surface area contributed by atoms with E-state index < -0.39 is 26.2 Å². The highest BCUT2D eigenvalue weighted by Crippen LogP contribution is 2.38. The number of likely N-dealkylation sites (tertiary alicyclic amines) is 1. The molecular formula is C16H33NO4Si. The second kappa shape index (κ2) is 6.49. The summed E-state index contributed by atoms with van der Waals surface area (Å²) in [5.74, 6) is 0. The van der Waals surface area contributed by atoms with Crippen LogP contribution in [0.3, 0.4) is 0 Å². The van der Waals surface area contributed by atoms with E-state index >= 15 is 0 Å². The van der Waals surface area contributed by atoms with Gasteiger partial charge in [0, 0.05) is 0 Å². The van der Waals surface area contributed by atoms with Gasteiger partial charge in [-0.1, -0.05) is 20.8 Å². The van der Waals surface area contributed by atoms with Gasteiger partial charge in [-0.15, -0.1) is 0 Å². The number of hydrogen-bond donors (Lipinski definition) is 1. The van der Waals surface area contributed by atoms with Crippen molar-refractivity contribution in [1.82, 2.24) is 4.90 Å². The molecule has 0 aromatic carbocycles. The van der Waals surface area contributed by atoms with Crippen molar-refractivity contribution in [3.63, 3.8) is 0 Å². The Balaban J connectivity index is 2.73. The molecule has 1 saturated heterocycles. The van der Waals surface area contributed by atoms with Crippen molar-refractivity contribution in [2.75, 3.05) is 6.54 Å². The molecule has 2 atom stereocenters. The van der Waals surface area contributed by atoms with Gasteiger partial charge in [0.1, 0.15) is 11.8 Å². The number of aliphatic hydroxyl groups is 1. The van der Waals surface area contributed by atoms with Crippen molar-refractivity contribution in [3.8, 4) is 0 Å². The standard InChI is InChI=1S/C16H33NO4Si/c1-15(2,3)20-14(19)17-11-12(9-10-13(17)18)21-22(7,8)16(4,5)6/h12-13,18H,9-11H2,1-8H3/t12-,13?/m1/s1. The van der Waals surface area contributed by atoms with Crippen LogP contribution in [0.2, 0.25) is 18.1 Å². The van der Waals surface area contributed by atoms with Crippen LogP contribution in [0.5, 0.6) is 0 Å². The van der Waals surface area contributed by atoms with E-state index in [1.165, 1.54) is 4.90 Å². The Bertz CT molecular complexity index is 398. The van der Waals surface area contributed by atoms with Crippen molar-refractivity contribution >= 4 is 14.4 Å². The van der Waals surface area contributed by atoms with Crippen LogP contribution < -0.4 is 0 Å². The number of carbonyl (C=O) groups excluding carboxylic acids is 1. The number of rotatable bonds is 2. The second-order valence-electron chi connectivity index (χ2n) is 8.69. The van der Waals surface area contributed by atoms with Gasteiger partial charge in [0.05, 0.1) is 12.6 Å². The van der Waals surface area contributed by atoms with E-state index in [2.05, 4.69) is 33.9 Å². The Kier molecular flexibility index (Phi) is 5.74. The second-order valence-corrected chi connectivity index (χ2v) is 13.4. The molecule has 1 rings (SSSR count). The van der Waals surface area contributed by atoms with Crippen LogP contribution in [0.25, 0.3) is 0 Å². The maximum Gasteiger partial charge on any atom is 0.412 e. The van der Waals surface area contributed by atoms with Gasteiger partial charge in [-0.25, -0.2) is 4.79 Å². The predicted molar refractivity (Wildman–Crippen MR) is 90.3 cm³/mol. The van der Waals surface area contributed by atoms with Crippen LogP contribution in [0, 0.1) is 0 Å². The molecule has 22 heavy (non-hydrogen) atoms. The van der Waals surface area contributed by atoms with E-state index in [0.717, 1.165) is 6.42 Å². The molecule has 1 aliphatic heterocycles. The summed E-state index contributed by atoms with van der Waals surface area (Å²) >= 11 is 0. The monoisotopic (exact) mass is 331 g/mol. The minimum atomic E-state index is -1.89. The zero-order chi connectivity index (χ0) is 17.3. The van der Waals surface area contributed by atoms with Gasteiger partial charge < -0.3 is 14.3 Å². The maximum absolute atomic E-state index is 12.2. The molecule has 0 aromatic heterocycles. The molecule has 1 unspecified atom stereocenters. The van der Waals surface area contributed by atoms with Gasteiger partial charge in [-0.3, -0.25) is 4.90 Å². The Morgan fingerprint density at radius 2 is 1.68 bits per heavy atom. The van der Waals surface area contributed by atoms with E-state index in [0.29, 0.717) is 13.0 Å². The number of piperidine rings is 1. The summed E-state index contributed by atoms with van der Waals surface area (Å²) in [6.45, 7) is 16.9. The zero-order valence-corrected chi connectivity index (χ0v) is 16.4. The first kappa shape index (κ1) is 19.5. The normalized spacial score (nSPS) is 24.3. The van der Waals surface area contributed by atoms with Gasteiger partial charge in [-0.05, 0) is 51.7 Å². The lowest BCUT2D eigenvalue weighted by Crippen LogP contribution is -2.54. The molecule has 1 aliphatic rings. The first-order chi connectivity index (χ1) is 9.73. The van der Waals surface area contributed by atoms with Crippen molar-refractivity contribution < 1.29 is 19.1 Å². The highest BCUT2D eigenvalue weighted by Gasteiger charge is 2.42. The SMILES string of the molecule is CC(C)(C)OC(=O)N1C[C@H](O[Si](C)(C)C(C)(C)C)CCC1O. The molecule has 0 saturated carbocycles. The van der Waals surface area contributed by atoms with Crippen molar-refractivity contribution in [1.29, 1.82) is 0 Å². The summed E-state index contributed by atoms with van der Waals surface area (Å²) in [6.07, 6.45) is 0.0142. The molecule has 6 heteroatoms. The quantitative estimate of drug-likeness (QED) is 0.783. The Morgan fingerprint density at radius 1 is 1.14 bits per heavy atom. The highest BCUT2D eigenvalue weighted by atomic mass is 28.4. The van der Waals surface area contributed by atoms with Crippen molar-refractivity contribution in [2.24, 2.45) is 0 Å². The predicted octanol–water partition coefficient (Wildman–Crippen LogP) is 3.73.